The number of rotatable bonds is 6. The van der Waals surface area contributed by atoms with Gasteiger partial charge in [0.2, 0.25) is 0 Å². The first-order chi connectivity index (χ1) is 15.1. The molecule has 1 aromatic heterocycles. The fourth-order valence-electron chi connectivity index (χ4n) is 4.08. The molecule has 0 atom stereocenters. The van der Waals surface area contributed by atoms with Crippen molar-refractivity contribution in [2.24, 2.45) is 0 Å². The minimum atomic E-state index is -0.419. The molecule has 6 nitrogen and oxygen atoms in total. The van der Waals surface area contributed by atoms with E-state index in [2.05, 4.69) is 11.0 Å². The van der Waals surface area contributed by atoms with Crippen molar-refractivity contribution in [1.82, 2.24) is 9.47 Å². The second-order valence-corrected chi connectivity index (χ2v) is 7.96. The lowest BCUT2D eigenvalue weighted by atomic mass is 10.0. The lowest BCUT2D eigenvalue weighted by molar-refractivity contribution is 0.0374. The number of aromatic nitrogens is 1. The van der Waals surface area contributed by atoms with Crippen LogP contribution in [0.3, 0.4) is 0 Å². The number of morpholine rings is 1. The lowest BCUT2D eigenvalue weighted by Gasteiger charge is -2.26. The maximum absolute atomic E-state index is 13.3. The Morgan fingerprint density at radius 1 is 1.10 bits per heavy atom. The predicted octanol–water partition coefficient (Wildman–Crippen LogP) is 3.35. The Hall–Kier alpha value is -2.96. The molecule has 1 fully saturated rings. The van der Waals surface area contributed by atoms with E-state index in [9.17, 15) is 9.59 Å². The number of nitrogens with zero attached hydrogens (tertiary/aromatic N) is 2. The maximum atomic E-state index is 13.3. The monoisotopic (exact) mass is 420 g/mol. The molecule has 1 aliphatic heterocycles. The fraction of sp³-hybridized carbons (Fsp3) is 0.360. The molecule has 31 heavy (non-hydrogen) atoms. The van der Waals surface area contributed by atoms with Crippen LogP contribution in [0.4, 0.5) is 0 Å². The van der Waals surface area contributed by atoms with Crippen LogP contribution in [0, 0.1) is 6.92 Å². The van der Waals surface area contributed by atoms with Gasteiger partial charge in [-0.3, -0.25) is 14.3 Å². The lowest BCUT2D eigenvalue weighted by Crippen LogP contribution is -2.36. The zero-order valence-corrected chi connectivity index (χ0v) is 18.1. The SMILES string of the molecule is COC(=O)c1ccc(C)c(-n2ccc3ccc(CCCN4CCOCC4)cc3c2=O)c1. The van der Waals surface area contributed by atoms with E-state index < -0.39 is 5.97 Å². The Morgan fingerprint density at radius 3 is 2.68 bits per heavy atom. The Bertz CT molecular complexity index is 1150. The highest BCUT2D eigenvalue weighted by atomic mass is 16.5. The van der Waals surface area contributed by atoms with Crippen LogP contribution in [0.2, 0.25) is 0 Å². The largest absolute Gasteiger partial charge is 0.465 e. The van der Waals surface area contributed by atoms with Crippen LogP contribution < -0.4 is 5.56 Å². The van der Waals surface area contributed by atoms with E-state index in [4.69, 9.17) is 9.47 Å². The highest BCUT2D eigenvalue weighted by molar-refractivity contribution is 5.90. The molecule has 6 heteroatoms. The average Bonchev–Trinajstić information content (AvgIpc) is 2.80. The average molecular weight is 421 g/mol. The number of ether oxygens (including phenoxy) is 2. The standard InChI is InChI=1S/C25H28N2O4/c1-18-5-7-21(25(29)30-2)17-23(18)27-11-9-20-8-6-19(16-22(20)24(27)28)4-3-10-26-12-14-31-15-13-26/h5-9,11,16-17H,3-4,10,12-15H2,1-2H3. The second-order valence-electron chi connectivity index (χ2n) is 7.96. The number of carbonyl (C=O) groups excluding carboxylic acids is 1. The van der Waals surface area contributed by atoms with Gasteiger partial charge in [0.15, 0.2) is 0 Å². The Labute approximate surface area is 182 Å². The van der Waals surface area contributed by atoms with Gasteiger partial charge in [-0.2, -0.15) is 0 Å². The van der Waals surface area contributed by atoms with Crippen LogP contribution >= 0.6 is 0 Å². The van der Waals surface area contributed by atoms with Crippen molar-refractivity contribution in [3.05, 3.63) is 75.7 Å². The van der Waals surface area contributed by atoms with Crippen molar-refractivity contribution in [2.45, 2.75) is 19.8 Å². The molecule has 1 aliphatic rings. The third kappa shape index (κ3) is 4.70. The molecular formula is C25H28N2O4. The van der Waals surface area contributed by atoms with Crippen molar-refractivity contribution in [3.63, 3.8) is 0 Å². The van der Waals surface area contributed by atoms with Gasteiger partial charge in [-0.25, -0.2) is 4.79 Å². The molecule has 1 saturated heterocycles. The second kappa shape index (κ2) is 9.45. The summed E-state index contributed by atoms with van der Waals surface area (Å²) in [5.74, 6) is -0.419. The summed E-state index contributed by atoms with van der Waals surface area (Å²) in [7, 11) is 1.35. The molecule has 2 aromatic carbocycles. The molecule has 4 rings (SSSR count). The topological polar surface area (TPSA) is 60.8 Å². The van der Waals surface area contributed by atoms with Crippen LogP contribution in [-0.4, -0.2) is 55.4 Å². The van der Waals surface area contributed by atoms with Crippen molar-refractivity contribution >= 4 is 16.7 Å². The Kier molecular flexibility index (Phi) is 6.49. The maximum Gasteiger partial charge on any atom is 0.337 e. The van der Waals surface area contributed by atoms with Crippen LogP contribution in [0.5, 0.6) is 0 Å². The number of pyridine rings is 1. The van der Waals surface area contributed by atoms with E-state index in [1.54, 1.807) is 22.9 Å². The quantitative estimate of drug-likeness (QED) is 0.573. The summed E-state index contributed by atoms with van der Waals surface area (Å²) in [5, 5.41) is 1.61. The minimum absolute atomic E-state index is 0.0855. The molecule has 0 spiro atoms. The van der Waals surface area contributed by atoms with E-state index in [-0.39, 0.29) is 5.56 Å². The van der Waals surface area contributed by atoms with Crippen LogP contribution in [-0.2, 0) is 15.9 Å². The molecule has 0 bridgehead atoms. The van der Waals surface area contributed by atoms with Crippen molar-refractivity contribution in [1.29, 1.82) is 0 Å². The first-order valence-electron chi connectivity index (χ1n) is 10.7. The molecule has 0 aliphatic carbocycles. The van der Waals surface area contributed by atoms with Crippen LogP contribution in [0.1, 0.15) is 27.9 Å². The molecule has 0 saturated carbocycles. The normalized spacial score (nSPS) is 14.6. The highest BCUT2D eigenvalue weighted by Gasteiger charge is 2.13. The smallest absolute Gasteiger partial charge is 0.337 e. The summed E-state index contributed by atoms with van der Waals surface area (Å²) in [4.78, 5) is 27.7. The first-order valence-corrected chi connectivity index (χ1v) is 10.7. The molecular weight excluding hydrogens is 392 g/mol. The number of hydrogen-bond donors (Lipinski definition) is 0. The summed E-state index contributed by atoms with van der Waals surface area (Å²) in [6.45, 7) is 6.58. The number of hydrogen-bond acceptors (Lipinski definition) is 5. The van der Waals surface area contributed by atoms with Gasteiger partial charge in [-0.15, -0.1) is 0 Å². The number of benzene rings is 2. The van der Waals surface area contributed by atoms with E-state index >= 15 is 0 Å². The van der Waals surface area contributed by atoms with Crippen LogP contribution in [0.25, 0.3) is 16.5 Å². The number of methoxy groups -OCH3 is 1. The summed E-state index contributed by atoms with van der Waals surface area (Å²) >= 11 is 0. The molecule has 3 aromatic rings. The van der Waals surface area contributed by atoms with E-state index in [1.807, 2.05) is 31.2 Å². The summed E-state index contributed by atoms with van der Waals surface area (Å²) in [6, 6.07) is 13.3. The summed E-state index contributed by atoms with van der Waals surface area (Å²) in [6.07, 6.45) is 3.75. The zero-order chi connectivity index (χ0) is 21.8. The highest BCUT2D eigenvalue weighted by Crippen LogP contribution is 2.19. The summed E-state index contributed by atoms with van der Waals surface area (Å²) < 4.78 is 11.8. The molecule has 0 amide bonds. The Morgan fingerprint density at radius 2 is 1.90 bits per heavy atom. The molecule has 0 N–H and O–H groups in total. The van der Waals surface area contributed by atoms with Gasteiger partial charge in [0.1, 0.15) is 0 Å². The van der Waals surface area contributed by atoms with Gasteiger partial charge < -0.3 is 9.47 Å². The fourth-order valence-corrected chi connectivity index (χ4v) is 4.08. The van der Waals surface area contributed by atoms with Crippen LogP contribution in [0.15, 0.2) is 53.5 Å². The van der Waals surface area contributed by atoms with Gasteiger partial charge in [-0.05, 0) is 67.1 Å². The third-order valence-electron chi connectivity index (χ3n) is 5.90. The van der Waals surface area contributed by atoms with Crippen molar-refractivity contribution in [3.8, 4) is 5.69 Å². The first kappa shape index (κ1) is 21.3. The Balaban J connectivity index is 1.61. The molecule has 162 valence electrons. The molecule has 2 heterocycles. The van der Waals surface area contributed by atoms with Crippen molar-refractivity contribution in [2.75, 3.05) is 40.0 Å². The van der Waals surface area contributed by atoms with Gasteiger partial charge in [0, 0.05) is 24.7 Å². The molecule has 0 radical (unpaired) electrons. The van der Waals surface area contributed by atoms with Gasteiger partial charge in [0.05, 0.1) is 31.6 Å². The van der Waals surface area contributed by atoms with E-state index in [0.717, 1.165) is 62.2 Å². The van der Waals surface area contributed by atoms with Gasteiger partial charge in [0.25, 0.3) is 5.56 Å². The zero-order valence-electron chi connectivity index (χ0n) is 18.1. The predicted molar refractivity (Wildman–Crippen MR) is 121 cm³/mol. The number of fused-ring (bicyclic) bond motifs is 1. The number of aryl methyl sites for hydroxylation is 2. The van der Waals surface area contributed by atoms with Gasteiger partial charge in [-0.1, -0.05) is 18.2 Å². The third-order valence-corrected chi connectivity index (χ3v) is 5.90. The number of esters is 1. The summed E-state index contributed by atoms with van der Waals surface area (Å²) in [5.41, 5.74) is 3.10. The number of carbonyl (C=O) groups is 1. The minimum Gasteiger partial charge on any atom is -0.465 e. The molecule has 0 unspecified atom stereocenters. The van der Waals surface area contributed by atoms with Gasteiger partial charge >= 0.3 is 5.97 Å². The van der Waals surface area contributed by atoms with E-state index in [0.29, 0.717) is 16.6 Å². The van der Waals surface area contributed by atoms with Crippen molar-refractivity contribution < 1.29 is 14.3 Å². The van der Waals surface area contributed by atoms with E-state index in [1.165, 1.54) is 7.11 Å².